The fraction of sp³-hybridized carbons (Fsp3) is 0.174. The van der Waals surface area contributed by atoms with Crippen molar-refractivity contribution in [2.45, 2.75) is 12.0 Å². The molecular weight excluding hydrogens is 352 g/mol. The van der Waals surface area contributed by atoms with Crippen molar-refractivity contribution in [1.29, 1.82) is 0 Å². The molecule has 3 rings (SSSR count). The normalized spacial score (nSPS) is 19.4. The van der Waals surface area contributed by atoms with Crippen LogP contribution in [0.3, 0.4) is 0 Å². The summed E-state index contributed by atoms with van der Waals surface area (Å²) in [5, 5.41) is 10.9. The lowest BCUT2D eigenvalue weighted by atomic mass is 9.92. The molecule has 5 heteroatoms. The first-order chi connectivity index (χ1) is 13.4. The van der Waals surface area contributed by atoms with E-state index >= 15 is 0 Å². The van der Waals surface area contributed by atoms with Gasteiger partial charge in [-0.05, 0) is 54.6 Å². The van der Waals surface area contributed by atoms with Crippen molar-refractivity contribution in [3.63, 3.8) is 0 Å². The SMILES string of the molecule is CN(C)C(=O)c1ccc(C#CCC2(O)C=CC(=O)/C2=C/c2ccccn2)cc1. The van der Waals surface area contributed by atoms with Gasteiger partial charge in [0.05, 0.1) is 5.69 Å². The summed E-state index contributed by atoms with van der Waals surface area (Å²) in [4.78, 5) is 29.7. The van der Waals surface area contributed by atoms with Crippen LogP contribution in [0, 0.1) is 11.8 Å². The molecule has 1 amide bonds. The second-order valence-corrected chi connectivity index (χ2v) is 6.69. The van der Waals surface area contributed by atoms with Crippen molar-refractivity contribution >= 4 is 17.8 Å². The molecule has 1 aromatic heterocycles. The van der Waals surface area contributed by atoms with Crippen LogP contribution in [0.25, 0.3) is 6.08 Å². The number of carbonyl (C=O) groups excluding carboxylic acids is 2. The molecule has 28 heavy (non-hydrogen) atoms. The van der Waals surface area contributed by atoms with E-state index in [1.807, 2.05) is 6.07 Å². The Morgan fingerprint density at radius 2 is 1.96 bits per heavy atom. The second kappa shape index (κ2) is 8.03. The summed E-state index contributed by atoms with van der Waals surface area (Å²) in [7, 11) is 3.40. The molecule has 2 aromatic rings. The molecular formula is C23H20N2O3. The van der Waals surface area contributed by atoms with Gasteiger partial charge in [-0.15, -0.1) is 0 Å². The minimum atomic E-state index is -1.44. The molecule has 0 bridgehead atoms. The predicted molar refractivity (Wildman–Crippen MR) is 107 cm³/mol. The van der Waals surface area contributed by atoms with Crippen molar-refractivity contribution < 1.29 is 14.7 Å². The van der Waals surface area contributed by atoms with Gasteiger partial charge in [-0.3, -0.25) is 14.6 Å². The third-order valence-electron chi connectivity index (χ3n) is 4.35. The Morgan fingerprint density at radius 1 is 1.21 bits per heavy atom. The van der Waals surface area contributed by atoms with E-state index in [4.69, 9.17) is 0 Å². The first kappa shape index (κ1) is 19.3. The summed E-state index contributed by atoms with van der Waals surface area (Å²) >= 11 is 0. The Balaban J connectivity index is 1.76. The molecule has 0 spiro atoms. The number of aromatic nitrogens is 1. The minimum absolute atomic E-state index is 0.0757. The van der Waals surface area contributed by atoms with Crippen LogP contribution in [0.5, 0.6) is 0 Å². The van der Waals surface area contributed by atoms with E-state index in [1.54, 1.807) is 62.8 Å². The van der Waals surface area contributed by atoms with Crippen molar-refractivity contribution in [3.05, 3.63) is 83.2 Å². The smallest absolute Gasteiger partial charge is 0.253 e. The van der Waals surface area contributed by atoms with Crippen LogP contribution in [-0.2, 0) is 4.79 Å². The number of rotatable bonds is 3. The van der Waals surface area contributed by atoms with Gasteiger partial charge < -0.3 is 10.0 Å². The largest absolute Gasteiger partial charge is 0.380 e. The Labute approximate surface area is 164 Å². The Morgan fingerprint density at radius 3 is 2.61 bits per heavy atom. The maximum absolute atomic E-state index is 12.2. The van der Waals surface area contributed by atoms with Gasteiger partial charge in [0.1, 0.15) is 5.60 Å². The van der Waals surface area contributed by atoms with Gasteiger partial charge in [-0.2, -0.15) is 0 Å². The Kier molecular flexibility index (Phi) is 5.53. The quantitative estimate of drug-likeness (QED) is 0.664. The average molecular weight is 372 g/mol. The third-order valence-corrected chi connectivity index (χ3v) is 4.35. The fourth-order valence-electron chi connectivity index (χ4n) is 2.80. The first-order valence-corrected chi connectivity index (χ1v) is 8.79. The Hall–Kier alpha value is -3.49. The zero-order valence-corrected chi connectivity index (χ0v) is 15.7. The van der Waals surface area contributed by atoms with Gasteiger partial charge in [0.15, 0.2) is 5.78 Å². The van der Waals surface area contributed by atoms with Crippen molar-refractivity contribution in [3.8, 4) is 11.8 Å². The third kappa shape index (κ3) is 4.25. The number of pyridine rings is 1. The van der Waals surface area contributed by atoms with Crippen LogP contribution in [0.4, 0.5) is 0 Å². The number of hydrogen-bond acceptors (Lipinski definition) is 4. The van der Waals surface area contributed by atoms with Gasteiger partial charge in [-0.1, -0.05) is 17.9 Å². The predicted octanol–water partition coefficient (Wildman–Crippen LogP) is 2.48. The lowest BCUT2D eigenvalue weighted by Crippen LogP contribution is -2.27. The standard InChI is InChI=1S/C23H20N2O3/c1-25(2)22(27)18-10-8-17(9-11-18)6-5-13-23(28)14-12-21(26)20(23)16-19-7-3-4-15-24-19/h3-4,7-12,14-16,28H,13H2,1-2H3/b20-16-. The maximum Gasteiger partial charge on any atom is 0.253 e. The number of nitrogens with zero attached hydrogens (tertiary/aromatic N) is 2. The highest BCUT2D eigenvalue weighted by molar-refractivity contribution is 6.12. The number of ketones is 1. The molecule has 0 aliphatic heterocycles. The van der Waals surface area contributed by atoms with E-state index in [9.17, 15) is 14.7 Å². The molecule has 1 aliphatic rings. The zero-order valence-electron chi connectivity index (χ0n) is 15.7. The lowest BCUT2D eigenvalue weighted by molar-refractivity contribution is -0.111. The molecule has 1 aromatic carbocycles. The molecule has 0 radical (unpaired) electrons. The van der Waals surface area contributed by atoms with Crippen LogP contribution in [-0.4, -0.2) is 46.4 Å². The van der Waals surface area contributed by atoms with E-state index in [2.05, 4.69) is 16.8 Å². The van der Waals surface area contributed by atoms with Gasteiger partial charge in [0, 0.05) is 43.4 Å². The molecule has 140 valence electrons. The van der Waals surface area contributed by atoms with Crippen molar-refractivity contribution in [2.24, 2.45) is 0 Å². The summed E-state index contributed by atoms with van der Waals surface area (Å²) in [5.41, 5.74) is 0.721. The fourth-order valence-corrected chi connectivity index (χ4v) is 2.80. The van der Waals surface area contributed by atoms with Crippen LogP contribution in [0.1, 0.15) is 28.0 Å². The van der Waals surface area contributed by atoms with Crippen LogP contribution >= 0.6 is 0 Å². The van der Waals surface area contributed by atoms with Crippen LogP contribution in [0.15, 0.2) is 66.4 Å². The molecule has 1 heterocycles. The van der Waals surface area contributed by atoms with Crippen LogP contribution in [0.2, 0.25) is 0 Å². The molecule has 1 unspecified atom stereocenters. The molecule has 1 atom stereocenters. The van der Waals surface area contributed by atoms with E-state index in [0.717, 1.165) is 5.56 Å². The molecule has 0 saturated carbocycles. The summed E-state index contributed by atoms with van der Waals surface area (Å²) in [6, 6.07) is 12.3. The van der Waals surface area contributed by atoms with E-state index in [0.29, 0.717) is 11.3 Å². The van der Waals surface area contributed by atoms with Crippen molar-refractivity contribution in [1.82, 2.24) is 9.88 Å². The number of benzene rings is 1. The van der Waals surface area contributed by atoms with Gasteiger partial charge >= 0.3 is 0 Å². The van der Waals surface area contributed by atoms with E-state index in [1.165, 1.54) is 17.1 Å². The van der Waals surface area contributed by atoms with Crippen molar-refractivity contribution in [2.75, 3.05) is 14.1 Å². The van der Waals surface area contributed by atoms with Gasteiger partial charge in [0.25, 0.3) is 5.91 Å². The maximum atomic E-state index is 12.2. The number of aliphatic hydroxyl groups is 1. The summed E-state index contributed by atoms with van der Waals surface area (Å²) in [6.45, 7) is 0. The number of carbonyl (C=O) groups is 2. The minimum Gasteiger partial charge on any atom is -0.380 e. The number of allylic oxidation sites excluding steroid dienone is 1. The Bertz CT molecular complexity index is 1010. The van der Waals surface area contributed by atoms with E-state index < -0.39 is 5.60 Å². The second-order valence-electron chi connectivity index (χ2n) is 6.69. The van der Waals surface area contributed by atoms with Gasteiger partial charge in [0.2, 0.25) is 0 Å². The summed E-state index contributed by atoms with van der Waals surface area (Å²) in [5.74, 6) is 5.58. The number of hydrogen-bond donors (Lipinski definition) is 1. The molecule has 0 fully saturated rings. The monoisotopic (exact) mass is 372 g/mol. The molecule has 1 aliphatic carbocycles. The first-order valence-electron chi connectivity index (χ1n) is 8.79. The lowest BCUT2D eigenvalue weighted by Gasteiger charge is -2.19. The average Bonchev–Trinajstić information content (AvgIpc) is 2.97. The molecule has 1 N–H and O–H groups in total. The molecule has 5 nitrogen and oxygen atoms in total. The van der Waals surface area contributed by atoms with E-state index in [-0.39, 0.29) is 23.7 Å². The highest BCUT2D eigenvalue weighted by atomic mass is 16.3. The summed E-state index contributed by atoms with van der Waals surface area (Å²) < 4.78 is 0. The topological polar surface area (TPSA) is 70.5 Å². The van der Waals surface area contributed by atoms with Crippen LogP contribution < -0.4 is 0 Å². The number of amides is 1. The summed E-state index contributed by atoms with van der Waals surface area (Å²) in [6.07, 6.45) is 6.12. The van der Waals surface area contributed by atoms with Gasteiger partial charge in [-0.25, -0.2) is 0 Å². The highest BCUT2D eigenvalue weighted by Crippen LogP contribution is 2.30. The highest BCUT2D eigenvalue weighted by Gasteiger charge is 2.36. The molecule has 0 saturated heterocycles. The zero-order chi connectivity index (χ0) is 20.1.